The molecule has 1 spiro atoms. The van der Waals surface area contributed by atoms with E-state index in [0.717, 1.165) is 19.3 Å². The maximum atomic E-state index is 11.0. The molecule has 1 unspecified atom stereocenters. The maximum Gasteiger partial charge on any atom is 0.153 e. The second-order valence-electron chi connectivity index (χ2n) is 4.10. The summed E-state index contributed by atoms with van der Waals surface area (Å²) in [5.74, 6) is 0.743. The van der Waals surface area contributed by atoms with Gasteiger partial charge in [-0.15, -0.1) is 0 Å². The van der Waals surface area contributed by atoms with Crippen LogP contribution >= 0.6 is 0 Å². The Kier molecular flexibility index (Phi) is 1.74. The molecule has 0 amide bonds. The first-order valence-electron chi connectivity index (χ1n) is 4.53. The van der Waals surface area contributed by atoms with Crippen LogP contribution in [0.2, 0.25) is 0 Å². The van der Waals surface area contributed by atoms with E-state index in [1.807, 2.05) is 0 Å². The third kappa shape index (κ3) is 1.27. The number of hydrogen-bond donors (Lipinski definition) is 1. The van der Waals surface area contributed by atoms with Gasteiger partial charge in [0.25, 0.3) is 0 Å². The molecule has 2 rings (SSSR count). The predicted octanol–water partition coefficient (Wildman–Crippen LogP) is 0.316. The third-order valence-corrected chi connectivity index (χ3v) is 4.95. The van der Waals surface area contributed by atoms with Crippen molar-refractivity contribution in [2.75, 3.05) is 11.5 Å². The lowest BCUT2D eigenvalue weighted by Gasteiger charge is -2.38. The maximum absolute atomic E-state index is 11.0. The molecule has 0 saturated carbocycles. The highest BCUT2D eigenvalue weighted by Gasteiger charge is 2.51. The first-order chi connectivity index (χ1) is 5.55. The fourth-order valence-corrected chi connectivity index (χ4v) is 4.42. The normalized spacial score (nSPS) is 36.6. The van der Waals surface area contributed by atoms with Crippen molar-refractivity contribution < 1.29 is 8.42 Å². The van der Waals surface area contributed by atoms with E-state index in [9.17, 15) is 8.42 Å². The minimum absolute atomic E-state index is 0.0144. The molecule has 0 aromatic heterocycles. The van der Waals surface area contributed by atoms with E-state index in [-0.39, 0.29) is 5.54 Å². The fourth-order valence-electron chi connectivity index (χ4n) is 2.36. The van der Waals surface area contributed by atoms with Crippen LogP contribution in [0.5, 0.6) is 0 Å². The van der Waals surface area contributed by atoms with Gasteiger partial charge in [0.1, 0.15) is 0 Å². The molecule has 0 aliphatic carbocycles. The molecular formula is C8H15NO2S. The van der Waals surface area contributed by atoms with Crippen LogP contribution in [-0.2, 0) is 9.84 Å². The molecule has 2 aliphatic rings. The van der Waals surface area contributed by atoms with Gasteiger partial charge >= 0.3 is 0 Å². The Hall–Kier alpha value is -0.0900. The first kappa shape index (κ1) is 8.51. The van der Waals surface area contributed by atoms with Gasteiger partial charge in [0.2, 0.25) is 0 Å². The van der Waals surface area contributed by atoms with Crippen LogP contribution in [0.25, 0.3) is 0 Å². The standard InChI is InChI=1S/C8H15NO2S/c1-2-7-3-4-8(9-7)5-12(10,11)6-8/h7,9H,2-6H2,1H3. The zero-order valence-electron chi connectivity index (χ0n) is 7.34. The molecule has 0 aromatic carbocycles. The van der Waals surface area contributed by atoms with Crippen LogP contribution in [0.1, 0.15) is 26.2 Å². The zero-order chi connectivity index (χ0) is 8.82. The second-order valence-corrected chi connectivity index (χ2v) is 6.17. The van der Waals surface area contributed by atoms with Gasteiger partial charge in [0.05, 0.1) is 11.5 Å². The minimum atomic E-state index is -2.67. The van der Waals surface area contributed by atoms with Gasteiger partial charge in [0, 0.05) is 11.6 Å². The van der Waals surface area contributed by atoms with E-state index < -0.39 is 9.84 Å². The number of nitrogens with one attached hydrogen (secondary N) is 1. The lowest BCUT2D eigenvalue weighted by molar-refractivity contribution is 0.389. The van der Waals surface area contributed by atoms with Crippen LogP contribution < -0.4 is 5.32 Å². The highest BCUT2D eigenvalue weighted by Crippen LogP contribution is 2.34. The summed E-state index contributed by atoms with van der Waals surface area (Å²) in [6, 6.07) is 0.556. The zero-order valence-corrected chi connectivity index (χ0v) is 8.15. The summed E-state index contributed by atoms with van der Waals surface area (Å²) in [6.07, 6.45) is 3.30. The monoisotopic (exact) mass is 189 g/mol. The Morgan fingerprint density at radius 1 is 1.50 bits per heavy atom. The van der Waals surface area contributed by atoms with Crippen molar-refractivity contribution in [3.63, 3.8) is 0 Å². The van der Waals surface area contributed by atoms with Crippen molar-refractivity contribution in [2.24, 2.45) is 0 Å². The van der Waals surface area contributed by atoms with Gasteiger partial charge in [-0.1, -0.05) is 6.92 Å². The second kappa shape index (κ2) is 2.45. The SMILES string of the molecule is CCC1CCC2(CS(=O)(=O)C2)N1. The van der Waals surface area contributed by atoms with Gasteiger partial charge in [0.15, 0.2) is 9.84 Å². The van der Waals surface area contributed by atoms with Crippen molar-refractivity contribution in [1.29, 1.82) is 0 Å². The molecule has 12 heavy (non-hydrogen) atoms. The number of rotatable bonds is 1. The van der Waals surface area contributed by atoms with Crippen molar-refractivity contribution in [3.05, 3.63) is 0 Å². The summed E-state index contributed by atoms with van der Waals surface area (Å²) < 4.78 is 22.0. The molecule has 2 heterocycles. The molecule has 3 nitrogen and oxygen atoms in total. The molecule has 4 heteroatoms. The summed E-state index contributed by atoms with van der Waals surface area (Å²) >= 11 is 0. The van der Waals surface area contributed by atoms with Crippen LogP contribution in [0.3, 0.4) is 0 Å². The van der Waals surface area contributed by atoms with E-state index in [4.69, 9.17) is 0 Å². The van der Waals surface area contributed by atoms with Crippen LogP contribution in [-0.4, -0.2) is 31.5 Å². The predicted molar refractivity (Wildman–Crippen MR) is 47.8 cm³/mol. The van der Waals surface area contributed by atoms with Crippen LogP contribution in [0.4, 0.5) is 0 Å². The number of hydrogen-bond acceptors (Lipinski definition) is 3. The molecule has 1 N–H and O–H groups in total. The highest BCUT2D eigenvalue weighted by molar-refractivity contribution is 7.93. The summed E-state index contributed by atoms with van der Waals surface area (Å²) in [4.78, 5) is 0. The topological polar surface area (TPSA) is 46.2 Å². The van der Waals surface area contributed by atoms with Gasteiger partial charge < -0.3 is 5.32 Å². The van der Waals surface area contributed by atoms with Gasteiger partial charge in [-0.3, -0.25) is 0 Å². The molecular weight excluding hydrogens is 174 g/mol. The van der Waals surface area contributed by atoms with Crippen LogP contribution in [0.15, 0.2) is 0 Å². The highest BCUT2D eigenvalue weighted by atomic mass is 32.2. The Labute approximate surface area is 73.5 Å². The third-order valence-electron chi connectivity index (χ3n) is 2.97. The minimum Gasteiger partial charge on any atom is -0.307 e. The Morgan fingerprint density at radius 3 is 2.58 bits per heavy atom. The van der Waals surface area contributed by atoms with Crippen molar-refractivity contribution in [3.8, 4) is 0 Å². The molecule has 0 aromatic rings. The van der Waals surface area contributed by atoms with Crippen molar-refractivity contribution in [2.45, 2.75) is 37.8 Å². The quantitative estimate of drug-likeness (QED) is 0.646. The van der Waals surface area contributed by atoms with E-state index in [2.05, 4.69) is 12.2 Å². The molecule has 70 valence electrons. The summed E-state index contributed by atoms with van der Waals surface area (Å²) in [6.45, 7) is 2.14. The van der Waals surface area contributed by atoms with Gasteiger partial charge in [-0.2, -0.15) is 0 Å². The Morgan fingerprint density at radius 2 is 2.17 bits per heavy atom. The summed E-state index contributed by atoms with van der Waals surface area (Å²) in [5.41, 5.74) is -0.0144. The lowest BCUT2D eigenvalue weighted by Crippen LogP contribution is -2.62. The Balaban J connectivity index is 2.01. The average Bonchev–Trinajstić information content (AvgIpc) is 2.29. The number of sulfone groups is 1. The molecule has 2 saturated heterocycles. The van der Waals surface area contributed by atoms with E-state index >= 15 is 0 Å². The van der Waals surface area contributed by atoms with E-state index in [0.29, 0.717) is 17.5 Å². The Bertz CT molecular complexity index is 271. The van der Waals surface area contributed by atoms with E-state index in [1.54, 1.807) is 0 Å². The largest absolute Gasteiger partial charge is 0.307 e. The van der Waals surface area contributed by atoms with Crippen molar-refractivity contribution >= 4 is 9.84 Å². The molecule has 0 radical (unpaired) electrons. The summed E-state index contributed by atoms with van der Waals surface area (Å²) in [5, 5.41) is 3.43. The molecule has 2 fully saturated rings. The smallest absolute Gasteiger partial charge is 0.153 e. The molecule has 2 aliphatic heterocycles. The average molecular weight is 189 g/mol. The van der Waals surface area contributed by atoms with Gasteiger partial charge in [-0.25, -0.2) is 8.42 Å². The molecule has 1 atom stereocenters. The van der Waals surface area contributed by atoms with Crippen LogP contribution in [0, 0.1) is 0 Å². The first-order valence-corrected chi connectivity index (χ1v) is 6.35. The van der Waals surface area contributed by atoms with Crippen molar-refractivity contribution in [1.82, 2.24) is 5.32 Å². The lowest BCUT2D eigenvalue weighted by atomic mass is 10.0. The summed E-state index contributed by atoms with van der Waals surface area (Å²) in [7, 11) is -2.67. The van der Waals surface area contributed by atoms with Gasteiger partial charge in [-0.05, 0) is 19.3 Å². The van der Waals surface area contributed by atoms with E-state index in [1.165, 1.54) is 0 Å². The fraction of sp³-hybridized carbons (Fsp3) is 1.00. The molecule has 0 bridgehead atoms.